The van der Waals surface area contributed by atoms with Gasteiger partial charge in [-0.1, -0.05) is 35.3 Å². The lowest BCUT2D eigenvalue weighted by atomic mass is 10.0. The molecule has 94 valence electrons. The summed E-state index contributed by atoms with van der Waals surface area (Å²) in [7, 11) is 0. The topological polar surface area (TPSA) is 20.2 Å². The highest BCUT2D eigenvalue weighted by Gasteiger charge is 2.14. The van der Waals surface area contributed by atoms with E-state index in [2.05, 4.69) is 0 Å². The minimum absolute atomic E-state index is 0.243. The van der Waals surface area contributed by atoms with Crippen molar-refractivity contribution in [1.29, 1.82) is 0 Å². The highest BCUT2D eigenvalue weighted by molar-refractivity contribution is 6.42. The smallest absolute Gasteiger partial charge is 0.159 e. The fraction of sp³-hybridized carbons (Fsp3) is 0.0769. The zero-order chi connectivity index (χ0) is 13.3. The third-order valence-corrected chi connectivity index (χ3v) is 3.26. The predicted molar refractivity (Wildman–Crippen MR) is 66.9 cm³/mol. The number of benzene rings is 2. The molecule has 5 heteroatoms. The summed E-state index contributed by atoms with van der Waals surface area (Å²) in [5, 5.41) is 10.7. The van der Waals surface area contributed by atoms with Gasteiger partial charge in [-0.3, -0.25) is 0 Å². The van der Waals surface area contributed by atoms with Crippen molar-refractivity contribution >= 4 is 23.2 Å². The largest absolute Gasteiger partial charge is 0.384 e. The summed E-state index contributed by atoms with van der Waals surface area (Å²) < 4.78 is 25.9. The second-order valence-corrected chi connectivity index (χ2v) is 4.56. The molecule has 0 aliphatic rings. The van der Waals surface area contributed by atoms with Gasteiger partial charge >= 0.3 is 0 Å². The lowest BCUT2D eigenvalue weighted by molar-refractivity contribution is 0.219. The zero-order valence-electron chi connectivity index (χ0n) is 9.00. The Bertz CT molecular complexity index is 536. The van der Waals surface area contributed by atoms with Crippen LogP contribution in [0.5, 0.6) is 0 Å². The zero-order valence-corrected chi connectivity index (χ0v) is 10.5. The molecule has 0 aliphatic carbocycles. The van der Waals surface area contributed by atoms with E-state index in [1.807, 2.05) is 0 Å². The van der Waals surface area contributed by atoms with Crippen LogP contribution < -0.4 is 0 Å². The lowest BCUT2D eigenvalue weighted by Gasteiger charge is -2.12. The molecular formula is C13H8Cl2F2O. The monoisotopic (exact) mass is 288 g/mol. The minimum Gasteiger partial charge on any atom is -0.384 e. The van der Waals surface area contributed by atoms with Gasteiger partial charge in [0.25, 0.3) is 0 Å². The fourth-order valence-electron chi connectivity index (χ4n) is 1.56. The van der Waals surface area contributed by atoms with Crippen molar-refractivity contribution in [2.45, 2.75) is 6.10 Å². The molecule has 0 heterocycles. The number of aliphatic hydroxyl groups excluding tert-OH is 1. The third kappa shape index (κ3) is 2.64. The number of aliphatic hydroxyl groups is 1. The Kier molecular flexibility index (Phi) is 3.85. The third-order valence-electron chi connectivity index (χ3n) is 2.52. The molecule has 1 N–H and O–H groups in total. The van der Waals surface area contributed by atoms with Crippen molar-refractivity contribution in [3.05, 3.63) is 69.2 Å². The molecule has 0 amide bonds. The molecule has 1 nitrogen and oxygen atoms in total. The molecule has 0 fully saturated rings. The Morgan fingerprint density at radius 2 is 1.44 bits per heavy atom. The number of rotatable bonds is 2. The van der Waals surface area contributed by atoms with Crippen molar-refractivity contribution in [1.82, 2.24) is 0 Å². The molecule has 18 heavy (non-hydrogen) atoms. The Morgan fingerprint density at radius 3 is 2.06 bits per heavy atom. The van der Waals surface area contributed by atoms with Gasteiger partial charge in [0.15, 0.2) is 11.6 Å². The van der Waals surface area contributed by atoms with Crippen molar-refractivity contribution in [3.8, 4) is 0 Å². The molecule has 2 aromatic rings. The maximum absolute atomic E-state index is 13.1. The van der Waals surface area contributed by atoms with Gasteiger partial charge in [0.1, 0.15) is 6.10 Å². The molecule has 1 atom stereocenters. The minimum atomic E-state index is -1.09. The Morgan fingerprint density at radius 1 is 0.833 bits per heavy atom. The van der Waals surface area contributed by atoms with Crippen molar-refractivity contribution in [2.75, 3.05) is 0 Å². The van der Waals surface area contributed by atoms with Crippen LogP contribution in [0.1, 0.15) is 17.2 Å². The van der Waals surface area contributed by atoms with Crippen LogP contribution in [0.4, 0.5) is 8.78 Å². The van der Waals surface area contributed by atoms with E-state index in [4.69, 9.17) is 23.2 Å². The van der Waals surface area contributed by atoms with Crippen LogP contribution in [0.3, 0.4) is 0 Å². The first-order chi connectivity index (χ1) is 8.49. The van der Waals surface area contributed by atoms with Gasteiger partial charge in [-0.15, -0.1) is 0 Å². The van der Waals surface area contributed by atoms with E-state index < -0.39 is 17.7 Å². The molecule has 0 aromatic heterocycles. The molecule has 0 saturated heterocycles. The van der Waals surface area contributed by atoms with Crippen LogP contribution in [-0.4, -0.2) is 5.11 Å². The first-order valence-corrected chi connectivity index (χ1v) is 5.82. The van der Waals surface area contributed by atoms with E-state index in [9.17, 15) is 13.9 Å². The average molecular weight is 289 g/mol. The van der Waals surface area contributed by atoms with Gasteiger partial charge < -0.3 is 5.11 Å². The molecule has 0 aliphatic heterocycles. The van der Waals surface area contributed by atoms with Gasteiger partial charge in [0.2, 0.25) is 0 Å². The lowest BCUT2D eigenvalue weighted by Crippen LogP contribution is -2.01. The summed E-state index contributed by atoms with van der Waals surface area (Å²) >= 11 is 11.6. The fourth-order valence-corrected chi connectivity index (χ4v) is 1.86. The first kappa shape index (κ1) is 13.3. The van der Waals surface area contributed by atoms with E-state index in [0.717, 1.165) is 12.1 Å². The molecule has 0 radical (unpaired) electrons. The van der Waals surface area contributed by atoms with Gasteiger partial charge in [-0.2, -0.15) is 0 Å². The van der Waals surface area contributed by atoms with Crippen LogP contribution in [0.25, 0.3) is 0 Å². The summed E-state index contributed by atoms with van der Waals surface area (Å²) in [4.78, 5) is 0. The van der Waals surface area contributed by atoms with Crippen LogP contribution in [0, 0.1) is 11.6 Å². The Labute approximate surface area is 113 Å². The quantitative estimate of drug-likeness (QED) is 0.871. The number of hydrogen-bond acceptors (Lipinski definition) is 1. The second kappa shape index (κ2) is 5.22. The molecule has 2 aromatic carbocycles. The van der Waals surface area contributed by atoms with Crippen LogP contribution >= 0.6 is 23.2 Å². The first-order valence-electron chi connectivity index (χ1n) is 5.07. The second-order valence-electron chi connectivity index (χ2n) is 3.75. The van der Waals surface area contributed by atoms with Crippen molar-refractivity contribution in [2.24, 2.45) is 0 Å². The van der Waals surface area contributed by atoms with Gasteiger partial charge in [0, 0.05) is 0 Å². The Hall–Kier alpha value is -1.16. The molecule has 0 spiro atoms. The van der Waals surface area contributed by atoms with Gasteiger partial charge in [-0.05, 0) is 35.4 Å². The standard InChI is InChI=1S/C13H8Cl2F2O/c14-9-3-1-7(5-10(9)15)13(18)8-2-4-11(16)12(17)6-8/h1-6,13,18H. The number of halogens is 4. The predicted octanol–water partition coefficient (Wildman–Crippen LogP) is 4.35. The summed E-state index contributed by atoms with van der Waals surface area (Å²) in [6.07, 6.45) is -1.09. The van der Waals surface area contributed by atoms with Gasteiger partial charge in [-0.25, -0.2) is 8.78 Å². The van der Waals surface area contributed by atoms with E-state index in [1.54, 1.807) is 6.07 Å². The summed E-state index contributed by atoms with van der Waals surface area (Å²) in [6.45, 7) is 0. The molecule has 0 bridgehead atoms. The van der Waals surface area contributed by atoms with Crippen LogP contribution in [0.2, 0.25) is 10.0 Å². The van der Waals surface area contributed by atoms with Crippen LogP contribution in [-0.2, 0) is 0 Å². The highest BCUT2D eigenvalue weighted by Crippen LogP contribution is 2.29. The molecular weight excluding hydrogens is 281 g/mol. The molecule has 1 unspecified atom stereocenters. The summed E-state index contributed by atoms with van der Waals surface area (Å²) in [5.41, 5.74) is 0.697. The average Bonchev–Trinajstić information content (AvgIpc) is 2.35. The molecule has 0 saturated carbocycles. The Balaban J connectivity index is 2.37. The normalized spacial score (nSPS) is 12.5. The van der Waals surface area contributed by atoms with Gasteiger partial charge in [0.05, 0.1) is 10.0 Å². The van der Waals surface area contributed by atoms with E-state index >= 15 is 0 Å². The van der Waals surface area contributed by atoms with Crippen molar-refractivity contribution in [3.63, 3.8) is 0 Å². The highest BCUT2D eigenvalue weighted by atomic mass is 35.5. The number of hydrogen-bond donors (Lipinski definition) is 1. The van der Waals surface area contributed by atoms with Crippen LogP contribution in [0.15, 0.2) is 36.4 Å². The molecule has 2 rings (SSSR count). The van der Waals surface area contributed by atoms with E-state index in [1.165, 1.54) is 18.2 Å². The SMILES string of the molecule is OC(c1ccc(F)c(F)c1)c1ccc(Cl)c(Cl)c1. The van der Waals surface area contributed by atoms with E-state index in [-0.39, 0.29) is 10.6 Å². The summed E-state index contributed by atoms with van der Waals surface area (Å²) in [6, 6.07) is 7.80. The maximum atomic E-state index is 13.1. The van der Waals surface area contributed by atoms with E-state index in [0.29, 0.717) is 10.6 Å². The maximum Gasteiger partial charge on any atom is 0.159 e. The van der Waals surface area contributed by atoms with Crippen molar-refractivity contribution < 1.29 is 13.9 Å². The summed E-state index contributed by atoms with van der Waals surface area (Å²) in [5.74, 6) is -1.97.